The van der Waals surface area contributed by atoms with Gasteiger partial charge in [-0.15, -0.1) is 0 Å². The summed E-state index contributed by atoms with van der Waals surface area (Å²) in [5.74, 6) is 1.76. The Morgan fingerprint density at radius 3 is 2.65 bits per heavy atom. The molecule has 0 fully saturated rings. The predicted molar refractivity (Wildman–Crippen MR) is 93.5 cm³/mol. The van der Waals surface area contributed by atoms with Gasteiger partial charge < -0.3 is 10.1 Å². The molecule has 0 amide bonds. The molecule has 0 radical (unpaired) electrons. The number of aryl methyl sites for hydroxylation is 1. The van der Waals surface area contributed by atoms with Crippen LogP contribution in [0.5, 0.6) is 5.75 Å². The summed E-state index contributed by atoms with van der Waals surface area (Å²) in [6.45, 7) is 3.41. The number of anilines is 1. The Hall–Kier alpha value is -2.81. The van der Waals surface area contributed by atoms with Gasteiger partial charge in [0.15, 0.2) is 0 Å². The minimum atomic E-state index is 0.587. The number of nitrogens with zero attached hydrogens (tertiary/aromatic N) is 1. The van der Waals surface area contributed by atoms with E-state index in [9.17, 15) is 0 Å². The van der Waals surface area contributed by atoms with E-state index in [4.69, 9.17) is 4.74 Å². The Bertz CT molecular complexity index is 756. The Labute approximate surface area is 137 Å². The van der Waals surface area contributed by atoms with Crippen LogP contribution in [0.15, 0.2) is 72.9 Å². The first-order valence-corrected chi connectivity index (χ1v) is 7.72. The molecule has 0 atom stereocenters. The first kappa shape index (κ1) is 15.1. The van der Waals surface area contributed by atoms with E-state index in [-0.39, 0.29) is 0 Å². The molecule has 3 nitrogen and oxygen atoms in total. The van der Waals surface area contributed by atoms with E-state index in [1.54, 1.807) is 6.20 Å². The predicted octanol–water partition coefficient (Wildman–Crippen LogP) is 4.58. The van der Waals surface area contributed by atoms with Crippen LogP contribution in [0.3, 0.4) is 0 Å². The second-order valence-electron chi connectivity index (χ2n) is 5.43. The normalized spacial score (nSPS) is 10.3. The summed E-state index contributed by atoms with van der Waals surface area (Å²) in [5.41, 5.74) is 3.63. The molecular weight excluding hydrogens is 284 g/mol. The van der Waals surface area contributed by atoms with E-state index in [1.807, 2.05) is 42.5 Å². The summed E-state index contributed by atoms with van der Waals surface area (Å²) in [5, 5.41) is 3.30. The van der Waals surface area contributed by atoms with Crippen molar-refractivity contribution in [3.05, 3.63) is 89.6 Å². The molecule has 3 rings (SSSR count). The van der Waals surface area contributed by atoms with Gasteiger partial charge in [0.1, 0.15) is 18.2 Å². The Morgan fingerprint density at radius 2 is 1.83 bits per heavy atom. The highest BCUT2D eigenvalue weighted by atomic mass is 16.5. The Morgan fingerprint density at radius 1 is 0.957 bits per heavy atom. The zero-order chi connectivity index (χ0) is 15.9. The molecule has 23 heavy (non-hydrogen) atoms. The van der Waals surface area contributed by atoms with Gasteiger partial charge in [-0.3, -0.25) is 0 Å². The van der Waals surface area contributed by atoms with Gasteiger partial charge >= 0.3 is 0 Å². The van der Waals surface area contributed by atoms with Crippen LogP contribution in [0, 0.1) is 6.92 Å². The van der Waals surface area contributed by atoms with Crippen molar-refractivity contribution in [1.29, 1.82) is 0 Å². The zero-order valence-electron chi connectivity index (χ0n) is 13.2. The van der Waals surface area contributed by atoms with E-state index in [2.05, 4.69) is 41.5 Å². The molecule has 0 unspecified atom stereocenters. The number of hydrogen-bond donors (Lipinski definition) is 1. The van der Waals surface area contributed by atoms with Crippen LogP contribution in [0.1, 0.15) is 16.7 Å². The first-order valence-electron chi connectivity index (χ1n) is 7.72. The molecule has 0 saturated heterocycles. The lowest BCUT2D eigenvalue weighted by Crippen LogP contribution is -2.02. The SMILES string of the molecule is Cc1ccccc1COc1cccc(CNc2ccccn2)c1. The molecular formula is C20H20N2O. The van der Waals surface area contributed by atoms with Crippen molar-refractivity contribution < 1.29 is 4.74 Å². The molecule has 1 aromatic heterocycles. The van der Waals surface area contributed by atoms with Crippen LogP contribution in [-0.2, 0) is 13.2 Å². The number of benzene rings is 2. The first-order chi connectivity index (χ1) is 11.3. The monoisotopic (exact) mass is 304 g/mol. The minimum Gasteiger partial charge on any atom is -0.489 e. The minimum absolute atomic E-state index is 0.587. The maximum absolute atomic E-state index is 5.92. The van der Waals surface area contributed by atoms with E-state index < -0.39 is 0 Å². The molecule has 1 heterocycles. The summed E-state index contributed by atoms with van der Waals surface area (Å²) in [6.07, 6.45) is 1.78. The third-order valence-electron chi connectivity index (χ3n) is 3.69. The van der Waals surface area contributed by atoms with Crippen LogP contribution in [-0.4, -0.2) is 4.98 Å². The van der Waals surface area contributed by atoms with Gasteiger partial charge in [0.2, 0.25) is 0 Å². The summed E-state index contributed by atoms with van der Waals surface area (Å²) in [7, 11) is 0. The fraction of sp³-hybridized carbons (Fsp3) is 0.150. The molecule has 0 bridgehead atoms. The van der Waals surface area contributed by atoms with E-state index in [1.165, 1.54) is 11.1 Å². The molecule has 116 valence electrons. The summed E-state index contributed by atoms with van der Waals surface area (Å²) >= 11 is 0. The van der Waals surface area contributed by atoms with Crippen LogP contribution >= 0.6 is 0 Å². The molecule has 3 heteroatoms. The molecule has 3 aromatic rings. The highest BCUT2D eigenvalue weighted by Gasteiger charge is 2.01. The number of rotatable bonds is 6. The van der Waals surface area contributed by atoms with Gasteiger partial charge in [-0.25, -0.2) is 4.98 Å². The van der Waals surface area contributed by atoms with Gasteiger partial charge in [-0.2, -0.15) is 0 Å². The Balaban J connectivity index is 1.60. The van der Waals surface area contributed by atoms with Crippen LogP contribution in [0.25, 0.3) is 0 Å². The van der Waals surface area contributed by atoms with Gasteiger partial charge in [-0.1, -0.05) is 42.5 Å². The number of ether oxygens (including phenoxy) is 1. The lowest BCUT2D eigenvalue weighted by molar-refractivity contribution is 0.305. The topological polar surface area (TPSA) is 34.1 Å². The third-order valence-corrected chi connectivity index (χ3v) is 3.69. The maximum Gasteiger partial charge on any atom is 0.126 e. The quantitative estimate of drug-likeness (QED) is 0.723. The highest BCUT2D eigenvalue weighted by molar-refractivity contribution is 5.36. The van der Waals surface area contributed by atoms with Crippen molar-refractivity contribution in [2.24, 2.45) is 0 Å². The van der Waals surface area contributed by atoms with E-state index in [0.29, 0.717) is 6.61 Å². The smallest absolute Gasteiger partial charge is 0.126 e. The molecule has 2 aromatic carbocycles. The summed E-state index contributed by atoms with van der Waals surface area (Å²) < 4.78 is 5.92. The highest BCUT2D eigenvalue weighted by Crippen LogP contribution is 2.17. The fourth-order valence-corrected chi connectivity index (χ4v) is 2.34. The average molecular weight is 304 g/mol. The van der Waals surface area contributed by atoms with Crippen molar-refractivity contribution in [3.63, 3.8) is 0 Å². The molecule has 0 aliphatic heterocycles. The summed E-state index contributed by atoms with van der Waals surface area (Å²) in [6, 6.07) is 22.3. The number of aromatic nitrogens is 1. The molecule has 1 N–H and O–H groups in total. The van der Waals surface area contributed by atoms with E-state index >= 15 is 0 Å². The van der Waals surface area contributed by atoms with Gasteiger partial charge in [-0.05, 0) is 47.9 Å². The molecule has 0 saturated carbocycles. The van der Waals surface area contributed by atoms with E-state index in [0.717, 1.165) is 23.7 Å². The van der Waals surface area contributed by atoms with Crippen LogP contribution < -0.4 is 10.1 Å². The van der Waals surface area contributed by atoms with Crippen LogP contribution in [0.2, 0.25) is 0 Å². The number of pyridine rings is 1. The van der Waals surface area contributed by atoms with Crippen molar-refractivity contribution in [1.82, 2.24) is 4.98 Å². The average Bonchev–Trinajstić information content (AvgIpc) is 2.61. The van der Waals surface area contributed by atoms with Gasteiger partial charge in [0.05, 0.1) is 0 Å². The van der Waals surface area contributed by atoms with Gasteiger partial charge in [0.25, 0.3) is 0 Å². The molecule has 0 spiro atoms. The van der Waals surface area contributed by atoms with Crippen molar-refractivity contribution >= 4 is 5.82 Å². The van der Waals surface area contributed by atoms with Crippen molar-refractivity contribution in [2.75, 3.05) is 5.32 Å². The van der Waals surface area contributed by atoms with Crippen molar-refractivity contribution in [2.45, 2.75) is 20.1 Å². The fourth-order valence-electron chi connectivity index (χ4n) is 2.34. The molecule has 0 aliphatic rings. The second kappa shape index (κ2) is 7.45. The number of hydrogen-bond acceptors (Lipinski definition) is 3. The summed E-state index contributed by atoms with van der Waals surface area (Å²) in [4.78, 5) is 4.26. The lowest BCUT2D eigenvalue weighted by atomic mass is 10.1. The Kier molecular flexibility index (Phi) is 4.89. The zero-order valence-corrected chi connectivity index (χ0v) is 13.2. The second-order valence-corrected chi connectivity index (χ2v) is 5.43. The van der Waals surface area contributed by atoms with Gasteiger partial charge in [0, 0.05) is 12.7 Å². The largest absolute Gasteiger partial charge is 0.489 e. The standard InChI is InChI=1S/C20H20N2O/c1-16-7-2-3-9-18(16)15-23-19-10-6-8-17(13-19)14-22-20-11-4-5-12-21-20/h2-13H,14-15H2,1H3,(H,21,22). The lowest BCUT2D eigenvalue weighted by Gasteiger charge is -2.10. The van der Waals surface area contributed by atoms with Crippen molar-refractivity contribution in [3.8, 4) is 5.75 Å². The maximum atomic E-state index is 5.92. The number of nitrogens with one attached hydrogen (secondary N) is 1. The van der Waals surface area contributed by atoms with Crippen LogP contribution in [0.4, 0.5) is 5.82 Å². The third kappa shape index (κ3) is 4.33. The molecule has 0 aliphatic carbocycles.